The second kappa shape index (κ2) is 5.28. The molecule has 106 valence electrons. The van der Waals surface area contributed by atoms with Crippen molar-refractivity contribution in [1.82, 2.24) is 30.4 Å². The van der Waals surface area contributed by atoms with Gasteiger partial charge in [0.25, 0.3) is 5.22 Å². The number of aromatic nitrogens is 6. The summed E-state index contributed by atoms with van der Waals surface area (Å²) in [5, 5.41) is 20.5. The number of hydrogen-bond acceptors (Lipinski definition) is 7. The van der Waals surface area contributed by atoms with E-state index in [1.807, 2.05) is 30.3 Å². The molecule has 0 spiro atoms. The van der Waals surface area contributed by atoms with Gasteiger partial charge in [-0.05, 0) is 35.4 Å². The molecule has 0 saturated heterocycles. The molecule has 2 aromatic heterocycles. The van der Waals surface area contributed by atoms with Crippen molar-refractivity contribution in [2.45, 2.75) is 29.7 Å². The van der Waals surface area contributed by atoms with Crippen LogP contribution in [0.5, 0.6) is 0 Å². The van der Waals surface area contributed by atoms with Crippen LogP contribution >= 0.6 is 11.8 Å². The van der Waals surface area contributed by atoms with Crippen LogP contribution in [0.2, 0.25) is 0 Å². The van der Waals surface area contributed by atoms with Gasteiger partial charge >= 0.3 is 0 Å². The van der Waals surface area contributed by atoms with Crippen molar-refractivity contribution in [2.24, 2.45) is 0 Å². The number of tetrazole rings is 1. The number of thioether (sulfide) groups is 1. The summed E-state index contributed by atoms with van der Waals surface area (Å²) in [6.07, 6.45) is 2.30. The molecule has 1 saturated carbocycles. The fourth-order valence-corrected chi connectivity index (χ4v) is 2.64. The van der Waals surface area contributed by atoms with Gasteiger partial charge in [0.1, 0.15) is 0 Å². The molecular formula is C13H12N6OS. The van der Waals surface area contributed by atoms with Gasteiger partial charge in [-0.25, -0.2) is 0 Å². The minimum absolute atomic E-state index is 0.474. The second-order valence-electron chi connectivity index (χ2n) is 4.81. The minimum Gasteiger partial charge on any atom is -0.416 e. The van der Waals surface area contributed by atoms with E-state index in [1.165, 1.54) is 11.8 Å². The van der Waals surface area contributed by atoms with E-state index in [0.717, 1.165) is 30.2 Å². The van der Waals surface area contributed by atoms with Crippen LogP contribution in [0.15, 0.2) is 40.0 Å². The Labute approximate surface area is 124 Å². The van der Waals surface area contributed by atoms with Crippen molar-refractivity contribution < 1.29 is 4.42 Å². The lowest BCUT2D eigenvalue weighted by Gasteiger charge is -2.02. The molecule has 0 radical (unpaired) electrons. The summed E-state index contributed by atoms with van der Waals surface area (Å²) in [5.41, 5.74) is 0.933. The summed E-state index contributed by atoms with van der Waals surface area (Å²) in [7, 11) is 0. The average molecular weight is 300 g/mol. The van der Waals surface area contributed by atoms with E-state index < -0.39 is 0 Å². The van der Waals surface area contributed by atoms with Crippen LogP contribution in [0.1, 0.15) is 30.5 Å². The summed E-state index contributed by atoms with van der Waals surface area (Å²) in [6, 6.07) is 9.78. The van der Waals surface area contributed by atoms with Gasteiger partial charge in [0, 0.05) is 5.92 Å². The van der Waals surface area contributed by atoms with E-state index >= 15 is 0 Å². The van der Waals surface area contributed by atoms with Gasteiger partial charge in [0.2, 0.25) is 5.89 Å². The smallest absolute Gasteiger partial charge is 0.277 e. The van der Waals surface area contributed by atoms with Gasteiger partial charge in [0.15, 0.2) is 5.82 Å². The number of hydrogen-bond donors (Lipinski definition) is 0. The average Bonchev–Trinajstić information content (AvgIpc) is 3.10. The molecule has 4 rings (SSSR count). The van der Waals surface area contributed by atoms with Gasteiger partial charge in [-0.15, -0.1) is 15.3 Å². The standard InChI is InChI=1S/C13H12N6OS/c1-2-4-10(5-3-1)19-11(14-17-18-19)8-21-13-16-15-12(20-13)9-6-7-9/h1-5,9H,6-8H2. The highest BCUT2D eigenvalue weighted by Crippen LogP contribution is 2.40. The number of benzene rings is 1. The van der Waals surface area contributed by atoms with Crippen LogP contribution in [0, 0.1) is 0 Å². The third-order valence-electron chi connectivity index (χ3n) is 3.21. The first-order chi connectivity index (χ1) is 10.4. The maximum absolute atomic E-state index is 5.61. The Morgan fingerprint density at radius 3 is 2.81 bits per heavy atom. The van der Waals surface area contributed by atoms with E-state index in [9.17, 15) is 0 Å². The van der Waals surface area contributed by atoms with E-state index in [1.54, 1.807) is 4.68 Å². The van der Waals surface area contributed by atoms with Crippen LogP contribution in [-0.4, -0.2) is 30.4 Å². The topological polar surface area (TPSA) is 82.5 Å². The molecule has 7 nitrogen and oxygen atoms in total. The molecule has 0 atom stereocenters. The Morgan fingerprint density at radius 2 is 2.00 bits per heavy atom. The fraction of sp³-hybridized carbons (Fsp3) is 0.308. The quantitative estimate of drug-likeness (QED) is 0.668. The first kappa shape index (κ1) is 12.5. The Bertz CT molecular complexity index is 736. The summed E-state index contributed by atoms with van der Waals surface area (Å²) >= 11 is 1.45. The molecule has 1 fully saturated rings. The zero-order chi connectivity index (χ0) is 14.1. The highest BCUT2D eigenvalue weighted by molar-refractivity contribution is 7.98. The van der Waals surface area contributed by atoms with Crippen LogP contribution < -0.4 is 0 Å². The monoisotopic (exact) mass is 300 g/mol. The van der Waals surface area contributed by atoms with Crippen molar-refractivity contribution >= 4 is 11.8 Å². The van der Waals surface area contributed by atoms with Crippen molar-refractivity contribution in [2.75, 3.05) is 0 Å². The molecule has 0 bridgehead atoms. The van der Waals surface area contributed by atoms with E-state index in [4.69, 9.17) is 4.42 Å². The van der Waals surface area contributed by atoms with Crippen molar-refractivity contribution in [3.05, 3.63) is 42.0 Å². The predicted molar refractivity (Wildman–Crippen MR) is 75.0 cm³/mol. The molecule has 8 heteroatoms. The first-order valence-corrected chi connectivity index (χ1v) is 7.67. The van der Waals surface area contributed by atoms with Crippen LogP contribution in [-0.2, 0) is 5.75 Å². The van der Waals surface area contributed by atoms with Gasteiger partial charge in [0.05, 0.1) is 11.4 Å². The first-order valence-electron chi connectivity index (χ1n) is 6.69. The summed E-state index contributed by atoms with van der Waals surface area (Å²) in [5.74, 6) is 2.55. The lowest BCUT2D eigenvalue weighted by molar-refractivity contribution is 0.414. The fourth-order valence-electron chi connectivity index (χ4n) is 1.97. The highest BCUT2D eigenvalue weighted by atomic mass is 32.2. The van der Waals surface area contributed by atoms with Gasteiger partial charge in [-0.2, -0.15) is 4.68 Å². The summed E-state index contributed by atoms with van der Waals surface area (Å²) in [6.45, 7) is 0. The maximum Gasteiger partial charge on any atom is 0.277 e. The van der Waals surface area contributed by atoms with E-state index in [0.29, 0.717) is 16.9 Å². The highest BCUT2D eigenvalue weighted by Gasteiger charge is 2.29. The third-order valence-corrected chi connectivity index (χ3v) is 4.02. The molecule has 1 aromatic carbocycles. The number of nitrogens with zero attached hydrogens (tertiary/aromatic N) is 6. The summed E-state index contributed by atoms with van der Waals surface area (Å²) in [4.78, 5) is 0. The SMILES string of the molecule is c1ccc(-n2nnnc2CSc2nnc(C3CC3)o2)cc1. The van der Waals surface area contributed by atoms with Crippen LogP contribution in [0.25, 0.3) is 5.69 Å². The zero-order valence-corrected chi connectivity index (χ0v) is 11.9. The lowest BCUT2D eigenvalue weighted by Crippen LogP contribution is -2.01. The Balaban J connectivity index is 1.48. The van der Waals surface area contributed by atoms with Crippen LogP contribution in [0.3, 0.4) is 0 Å². The molecule has 0 amide bonds. The molecule has 0 aliphatic heterocycles. The lowest BCUT2D eigenvalue weighted by atomic mass is 10.3. The Hall–Kier alpha value is -2.22. The zero-order valence-electron chi connectivity index (χ0n) is 11.1. The molecule has 0 N–H and O–H groups in total. The van der Waals surface area contributed by atoms with Crippen molar-refractivity contribution in [3.8, 4) is 5.69 Å². The van der Waals surface area contributed by atoms with E-state index in [-0.39, 0.29) is 0 Å². The molecule has 1 aliphatic carbocycles. The Morgan fingerprint density at radius 1 is 1.14 bits per heavy atom. The molecule has 0 unspecified atom stereocenters. The third kappa shape index (κ3) is 2.66. The van der Waals surface area contributed by atoms with Crippen molar-refractivity contribution in [1.29, 1.82) is 0 Å². The number of para-hydroxylation sites is 1. The number of rotatable bonds is 5. The Kier molecular flexibility index (Phi) is 3.15. The molecule has 21 heavy (non-hydrogen) atoms. The molecule has 3 aromatic rings. The molecule has 2 heterocycles. The van der Waals surface area contributed by atoms with Gasteiger partial charge in [-0.3, -0.25) is 0 Å². The van der Waals surface area contributed by atoms with Crippen LogP contribution in [0.4, 0.5) is 0 Å². The van der Waals surface area contributed by atoms with E-state index in [2.05, 4.69) is 25.7 Å². The minimum atomic E-state index is 0.474. The summed E-state index contributed by atoms with van der Waals surface area (Å²) < 4.78 is 7.33. The van der Waals surface area contributed by atoms with Gasteiger partial charge in [-0.1, -0.05) is 30.0 Å². The normalized spacial score (nSPS) is 14.5. The molecular weight excluding hydrogens is 288 g/mol. The largest absolute Gasteiger partial charge is 0.416 e. The van der Waals surface area contributed by atoms with Crippen molar-refractivity contribution in [3.63, 3.8) is 0 Å². The maximum atomic E-state index is 5.61. The second-order valence-corrected chi connectivity index (χ2v) is 5.74. The molecule has 1 aliphatic rings. The van der Waals surface area contributed by atoms with Gasteiger partial charge < -0.3 is 4.42 Å². The predicted octanol–water partition coefficient (Wildman–Crippen LogP) is 2.21.